The molecule has 0 radical (unpaired) electrons. The number of Topliss-reactive ketones (excluding diaryl/α,β-unsaturated/α-hetero) is 10. The molecule has 0 bridgehead atoms. The van der Waals surface area contributed by atoms with Gasteiger partial charge in [0.2, 0.25) is 17.5 Å². The van der Waals surface area contributed by atoms with Crippen LogP contribution in [-0.4, -0.2) is 96.6 Å². The van der Waals surface area contributed by atoms with Crippen LogP contribution in [0.5, 0.6) is 0 Å². The number of ketones is 11. The molecule has 726 valence electrons. The summed E-state index contributed by atoms with van der Waals surface area (Å²) >= 11 is 14.4. The van der Waals surface area contributed by atoms with Crippen LogP contribution in [0.1, 0.15) is 261 Å². The average molecular weight is 1920 g/mol. The maximum atomic E-state index is 12.7. The van der Waals surface area contributed by atoms with Gasteiger partial charge in [-0.2, -0.15) is 13.2 Å². The Hall–Kier alpha value is -10.1. The lowest BCUT2D eigenvalue weighted by Gasteiger charge is -2.14. The molecule has 0 saturated carbocycles. The van der Waals surface area contributed by atoms with E-state index in [-0.39, 0.29) is 158 Å². The van der Waals surface area contributed by atoms with E-state index in [2.05, 4.69) is 18.8 Å². The van der Waals surface area contributed by atoms with Gasteiger partial charge in [0.1, 0.15) is 46.7 Å². The van der Waals surface area contributed by atoms with Crippen LogP contribution >= 0.6 is 46.3 Å². The minimum absolute atomic E-state index is 0.00926. The standard InChI is InChI=1S/C12H13F3O.C12H14O2.C10H10Cl2O.2C10H10F2O.C10H11FO.C10H13NOS.C9H10O2S.C9H18O.C8H16O2.C4H9NO/c1-8(2)11(16)7-9-3-5-10(6-4-9)12(13,14)15;1-9(2)11(13)8-12(14)10-6-4-3-5-7-10;2*1-6(2)10(13)7-3-8(11)5-9(12)4-7;1-6(2)10(13)7-3-4-8(11)9(12)5-7;1-7(2)10(12)8-3-5-9(11)6-4-8;1-8(2)10(12)7-13-9-3-5-11-6-4-9;1-6(2)8(10)9(11)7-4-3-5-12-7;1-7(2)5-6-9(10)8(3)4;1-5(2)7(9)8(10)6(3)4;1-3(2)4(5)6/h3-6,8H,7H2,1-2H3;3-9,14H,1-2H3;3*3-6H,1-2H3;3-7H,1-2H3;3-6,8H,7H2,1-2H3;3-6H,1-2H3;7-8H,5-6H2,1-4H3;5-7,9H,1-4H3;3H,1-2H3,(H2,5,6)/b;12-8-;;;;;;;;;/t;;;;;;;;;7-;/m.........1./s1. The maximum absolute atomic E-state index is 12.7. The molecule has 0 aliphatic heterocycles. The van der Waals surface area contributed by atoms with Crippen molar-refractivity contribution >= 4 is 122 Å². The summed E-state index contributed by atoms with van der Waals surface area (Å²) in [5, 5.41) is 21.6. The van der Waals surface area contributed by atoms with E-state index in [0.717, 1.165) is 60.2 Å². The van der Waals surface area contributed by atoms with E-state index in [9.17, 15) is 103 Å². The second-order valence-electron chi connectivity index (χ2n) is 34.2. The highest BCUT2D eigenvalue weighted by Crippen LogP contribution is 2.30. The maximum Gasteiger partial charge on any atom is 0.416 e. The lowest BCUT2D eigenvalue weighted by molar-refractivity contribution is -0.137. The molecule has 6 aromatic carbocycles. The number of rotatable bonds is 29. The zero-order valence-corrected chi connectivity index (χ0v) is 83.8. The molecular formula is C104H134Cl2F8N2O14S2. The molecule has 1 amide bonds. The second kappa shape index (κ2) is 66.3. The predicted octanol–water partition coefficient (Wildman–Crippen LogP) is 26.9. The van der Waals surface area contributed by atoms with Gasteiger partial charge in [0, 0.05) is 145 Å². The van der Waals surface area contributed by atoms with E-state index < -0.39 is 41.1 Å². The Bertz CT molecular complexity index is 4770. The normalized spacial score (nSPS) is 11.0. The number of alkyl halides is 3. The third kappa shape index (κ3) is 56.0. The number of hydrogen-bond acceptors (Lipinski definition) is 17. The molecule has 0 spiro atoms. The number of carbonyl (C=O) groups is 12. The van der Waals surface area contributed by atoms with Gasteiger partial charge in [-0.25, -0.2) is 22.0 Å². The van der Waals surface area contributed by atoms with Gasteiger partial charge in [-0.15, -0.1) is 23.1 Å². The SMILES string of the molecule is CC(C)C(=O)/C=C(\O)c1ccccc1.CC(C)C(=O)C(=O)c1cccs1.CC(C)C(=O)CSc1ccncc1.CC(C)C(=O)Cc1ccc(C(F)(F)F)cc1.CC(C)C(=O)[C@H](O)C(C)C.CC(C)C(=O)c1cc(Cl)cc(Cl)c1.CC(C)C(=O)c1cc(F)cc(F)c1.CC(C)C(=O)c1ccc(F)c(F)c1.CC(C)C(=O)c1ccc(F)cc1.CC(C)C(N)=O.CC(C)CCC(=O)C(C)C. The number of halogens is 10. The molecule has 8 aromatic rings. The molecule has 0 fully saturated rings. The molecule has 2 aromatic heterocycles. The predicted molar refractivity (Wildman–Crippen MR) is 516 cm³/mol. The summed E-state index contributed by atoms with van der Waals surface area (Å²) in [6.45, 7) is 47.6. The van der Waals surface area contributed by atoms with Crippen molar-refractivity contribution in [2.45, 2.75) is 216 Å². The molecule has 0 saturated heterocycles. The van der Waals surface area contributed by atoms with Gasteiger partial charge in [-0.3, -0.25) is 62.5 Å². The van der Waals surface area contributed by atoms with Crippen molar-refractivity contribution in [1.82, 2.24) is 4.98 Å². The number of carbonyl (C=O) groups excluding carboxylic acids is 12. The first-order chi connectivity index (χ1) is 61.0. The monoisotopic (exact) mass is 1920 g/mol. The second-order valence-corrected chi connectivity index (χ2v) is 37.1. The van der Waals surface area contributed by atoms with E-state index in [1.54, 1.807) is 169 Å². The van der Waals surface area contributed by atoms with Gasteiger partial charge >= 0.3 is 6.18 Å². The van der Waals surface area contributed by atoms with Crippen molar-refractivity contribution in [2.24, 2.45) is 82.7 Å². The van der Waals surface area contributed by atoms with E-state index in [4.69, 9.17) is 28.9 Å². The molecule has 0 aliphatic rings. The Labute approximate surface area is 794 Å². The molecule has 132 heavy (non-hydrogen) atoms. The molecule has 28 heteroatoms. The van der Waals surface area contributed by atoms with Crippen molar-refractivity contribution in [3.63, 3.8) is 0 Å². The quantitative estimate of drug-likeness (QED) is 0.00981. The number of aromatic nitrogens is 1. The minimum Gasteiger partial charge on any atom is -0.507 e. The van der Waals surface area contributed by atoms with Crippen molar-refractivity contribution in [1.29, 1.82) is 0 Å². The average Bonchev–Trinajstić information content (AvgIpc) is 1.09. The van der Waals surface area contributed by atoms with Gasteiger partial charge in [0.15, 0.2) is 46.3 Å². The third-order valence-corrected chi connectivity index (χ3v) is 20.1. The first kappa shape index (κ1) is 126. The lowest BCUT2D eigenvalue weighted by Crippen LogP contribution is -2.29. The van der Waals surface area contributed by atoms with Gasteiger partial charge in [-0.1, -0.05) is 252 Å². The van der Waals surface area contributed by atoms with Gasteiger partial charge < -0.3 is 15.9 Å². The van der Waals surface area contributed by atoms with Crippen molar-refractivity contribution in [3.8, 4) is 0 Å². The Morgan fingerprint density at radius 2 is 0.879 bits per heavy atom. The summed E-state index contributed by atoms with van der Waals surface area (Å²) in [5.74, 6) is -3.63. The number of nitrogens with two attached hydrogens (primary N) is 1. The molecular weight excluding hydrogens is 1790 g/mol. The van der Waals surface area contributed by atoms with Gasteiger partial charge in [0.05, 0.1) is 16.2 Å². The number of allylic oxidation sites excluding steroid dienone is 1. The van der Waals surface area contributed by atoms with Crippen LogP contribution in [0.25, 0.3) is 5.76 Å². The number of aliphatic hydroxyl groups is 2. The molecule has 0 aliphatic carbocycles. The zero-order valence-electron chi connectivity index (χ0n) is 80.6. The Morgan fingerprint density at radius 1 is 0.439 bits per heavy atom. The highest BCUT2D eigenvalue weighted by molar-refractivity contribution is 8.00. The number of amides is 1. The molecule has 1 atom stereocenters. The largest absolute Gasteiger partial charge is 0.507 e. The summed E-state index contributed by atoms with van der Waals surface area (Å²) in [6.07, 6.45) is 1.65. The molecule has 16 nitrogen and oxygen atoms in total. The van der Waals surface area contributed by atoms with E-state index in [1.807, 2.05) is 99.6 Å². The van der Waals surface area contributed by atoms with Crippen LogP contribution in [0.15, 0.2) is 186 Å². The summed E-state index contributed by atoms with van der Waals surface area (Å²) in [4.78, 5) is 139. The highest BCUT2D eigenvalue weighted by Gasteiger charge is 2.30. The summed E-state index contributed by atoms with van der Waals surface area (Å²) in [7, 11) is 0. The summed E-state index contributed by atoms with van der Waals surface area (Å²) in [6, 6.07) is 37.5. The van der Waals surface area contributed by atoms with Crippen LogP contribution in [0.4, 0.5) is 35.1 Å². The number of nitrogens with zero attached hydrogens (tertiary/aromatic N) is 1. The van der Waals surface area contributed by atoms with E-state index in [0.29, 0.717) is 60.4 Å². The van der Waals surface area contributed by atoms with Crippen LogP contribution in [0.2, 0.25) is 10.0 Å². The lowest BCUT2D eigenvalue weighted by atomic mass is 9.96. The minimum atomic E-state index is -4.32. The van der Waals surface area contributed by atoms with Crippen molar-refractivity contribution < 1.29 is 103 Å². The van der Waals surface area contributed by atoms with Crippen LogP contribution in [0, 0.1) is 106 Å². The molecule has 2 heterocycles. The van der Waals surface area contributed by atoms with Gasteiger partial charge in [-0.05, 0) is 132 Å². The fourth-order valence-electron chi connectivity index (χ4n) is 9.14. The number of aliphatic hydroxyl groups excluding tert-OH is 2. The third-order valence-electron chi connectivity index (χ3n) is 17.8. The molecule has 8 rings (SSSR count). The Kier molecular flexibility index (Phi) is 63.3. The fraction of sp³-hybridized carbons (Fsp3) is 0.433. The Balaban J connectivity index is -0.00000139. The van der Waals surface area contributed by atoms with Gasteiger partial charge in [0.25, 0.3) is 0 Å². The summed E-state index contributed by atoms with van der Waals surface area (Å²) < 4.78 is 99.6. The number of thiophene rings is 1. The molecule has 0 unspecified atom stereocenters. The first-order valence-corrected chi connectivity index (χ1v) is 45.8. The molecule has 4 N–H and O–H groups in total. The Morgan fingerprint density at radius 3 is 1.25 bits per heavy atom. The van der Waals surface area contributed by atoms with E-state index >= 15 is 0 Å². The van der Waals surface area contributed by atoms with E-state index in [1.165, 1.54) is 59.9 Å². The van der Waals surface area contributed by atoms with Crippen LogP contribution < -0.4 is 5.73 Å². The number of hydrogen-bond donors (Lipinski definition) is 3. The van der Waals surface area contributed by atoms with Crippen molar-refractivity contribution in [3.05, 3.63) is 265 Å². The summed E-state index contributed by atoms with van der Waals surface area (Å²) in [5.41, 5.74) is 6.85. The topological polar surface area (TPSA) is 284 Å². The highest BCUT2D eigenvalue weighted by atomic mass is 35.5. The fourth-order valence-corrected chi connectivity index (χ4v) is 11.3. The smallest absolute Gasteiger partial charge is 0.416 e. The zero-order chi connectivity index (χ0) is 102. The number of pyridine rings is 1. The first-order valence-electron chi connectivity index (χ1n) is 43.2. The number of benzene rings is 6. The van der Waals surface area contributed by atoms with Crippen LogP contribution in [0.3, 0.4) is 0 Å². The van der Waals surface area contributed by atoms with Crippen LogP contribution in [-0.2, 0) is 46.2 Å². The number of primary amides is 1. The number of thioether (sulfide) groups is 1. The van der Waals surface area contributed by atoms with Crippen molar-refractivity contribution in [2.75, 3.05) is 5.75 Å².